The zero-order valence-electron chi connectivity index (χ0n) is 9.64. The Morgan fingerprint density at radius 3 is 2.36 bits per heavy atom. The molecule has 0 aliphatic heterocycles. The minimum Gasteiger partial charge on any atom is -0.299 e. The van der Waals surface area contributed by atoms with Crippen LogP contribution in [0, 0.1) is 10.8 Å². The van der Waals surface area contributed by atoms with E-state index >= 15 is 0 Å². The van der Waals surface area contributed by atoms with Gasteiger partial charge < -0.3 is 0 Å². The van der Waals surface area contributed by atoms with Gasteiger partial charge in [0.15, 0.2) is 5.78 Å². The Morgan fingerprint density at radius 1 is 1.29 bits per heavy atom. The quantitative estimate of drug-likeness (QED) is 0.636. The van der Waals surface area contributed by atoms with Crippen LogP contribution in [0.5, 0.6) is 0 Å². The molecule has 0 saturated heterocycles. The van der Waals surface area contributed by atoms with Gasteiger partial charge >= 0.3 is 0 Å². The zero-order valence-corrected chi connectivity index (χ0v) is 9.64. The molecule has 14 heavy (non-hydrogen) atoms. The van der Waals surface area contributed by atoms with Gasteiger partial charge in [0, 0.05) is 11.8 Å². The maximum atomic E-state index is 12.1. The van der Waals surface area contributed by atoms with Crippen molar-refractivity contribution < 1.29 is 9.59 Å². The number of Topliss-reactive ketones (excluding diaryl/α,β-unsaturated/α-hetero) is 2. The Balaban J connectivity index is 2.99. The summed E-state index contributed by atoms with van der Waals surface area (Å²) in [5.74, 6) is 0.248. The van der Waals surface area contributed by atoms with Crippen LogP contribution in [0.4, 0.5) is 0 Å². The van der Waals surface area contributed by atoms with Crippen LogP contribution in [0.1, 0.15) is 53.4 Å². The van der Waals surface area contributed by atoms with Crippen molar-refractivity contribution in [3.63, 3.8) is 0 Å². The van der Waals surface area contributed by atoms with Crippen LogP contribution in [0.15, 0.2) is 0 Å². The summed E-state index contributed by atoms with van der Waals surface area (Å²) >= 11 is 0. The van der Waals surface area contributed by atoms with Gasteiger partial charge in [-0.3, -0.25) is 9.59 Å². The molecule has 0 bridgehead atoms. The first-order valence-corrected chi connectivity index (χ1v) is 5.43. The topological polar surface area (TPSA) is 34.1 Å². The molecule has 2 nitrogen and oxygen atoms in total. The minimum atomic E-state index is -0.698. The highest BCUT2D eigenvalue weighted by Crippen LogP contribution is 2.43. The smallest absolute Gasteiger partial charge is 0.151 e. The lowest BCUT2D eigenvalue weighted by Gasteiger charge is -2.39. The number of hydrogen-bond donors (Lipinski definition) is 0. The van der Waals surface area contributed by atoms with Crippen molar-refractivity contribution in [3.8, 4) is 0 Å². The third-order valence-electron chi connectivity index (χ3n) is 3.53. The van der Waals surface area contributed by atoms with E-state index in [1.807, 2.05) is 27.7 Å². The fourth-order valence-electron chi connectivity index (χ4n) is 2.51. The summed E-state index contributed by atoms with van der Waals surface area (Å²) in [5, 5.41) is 0. The number of carbonyl (C=O) groups is 2. The number of hydrogen-bond acceptors (Lipinski definition) is 2. The molecule has 80 valence electrons. The Hall–Kier alpha value is -0.660. The van der Waals surface area contributed by atoms with Crippen LogP contribution < -0.4 is 0 Å². The normalized spacial score (nSPS) is 31.6. The SMILES string of the molecule is CCC(=O)C1(C)CCCC(C)(C)C1=O. The van der Waals surface area contributed by atoms with Crippen molar-refractivity contribution in [1.82, 2.24) is 0 Å². The van der Waals surface area contributed by atoms with E-state index in [4.69, 9.17) is 0 Å². The van der Waals surface area contributed by atoms with Crippen molar-refractivity contribution in [2.45, 2.75) is 53.4 Å². The van der Waals surface area contributed by atoms with E-state index in [0.717, 1.165) is 19.3 Å². The molecule has 1 atom stereocenters. The maximum Gasteiger partial charge on any atom is 0.151 e. The van der Waals surface area contributed by atoms with Crippen LogP contribution in [0.3, 0.4) is 0 Å². The van der Waals surface area contributed by atoms with Gasteiger partial charge in [0.1, 0.15) is 5.78 Å². The fourth-order valence-corrected chi connectivity index (χ4v) is 2.51. The van der Waals surface area contributed by atoms with Crippen molar-refractivity contribution in [2.24, 2.45) is 10.8 Å². The molecule has 1 aliphatic carbocycles. The molecule has 1 aliphatic rings. The van der Waals surface area contributed by atoms with Gasteiger partial charge in [0.05, 0.1) is 5.41 Å². The lowest BCUT2D eigenvalue weighted by molar-refractivity contribution is -0.149. The maximum absolute atomic E-state index is 12.1. The molecule has 0 aromatic carbocycles. The van der Waals surface area contributed by atoms with Crippen LogP contribution in [0.25, 0.3) is 0 Å². The van der Waals surface area contributed by atoms with E-state index in [1.54, 1.807) is 0 Å². The van der Waals surface area contributed by atoms with Crippen LogP contribution in [-0.4, -0.2) is 11.6 Å². The van der Waals surface area contributed by atoms with E-state index in [2.05, 4.69) is 0 Å². The largest absolute Gasteiger partial charge is 0.299 e. The molecule has 0 N–H and O–H groups in total. The van der Waals surface area contributed by atoms with Gasteiger partial charge in [-0.15, -0.1) is 0 Å². The van der Waals surface area contributed by atoms with Gasteiger partial charge in [-0.1, -0.05) is 27.2 Å². The minimum absolute atomic E-state index is 0.107. The van der Waals surface area contributed by atoms with Crippen molar-refractivity contribution >= 4 is 11.6 Å². The lowest BCUT2D eigenvalue weighted by Crippen LogP contribution is -2.47. The van der Waals surface area contributed by atoms with Crippen molar-refractivity contribution in [1.29, 1.82) is 0 Å². The van der Waals surface area contributed by atoms with Crippen molar-refractivity contribution in [3.05, 3.63) is 0 Å². The Morgan fingerprint density at radius 2 is 1.86 bits per heavy atom. The summed E-state index contributed by atoms with van der Waals surface area (Å²) in [6.07, 6.45) is 3.11. The van der Waals surface area contributed by atoms with E-state index < -0.39 is 5.41 Å². The highest BCUT2D eigenvalue weighted by molar-refractivity contribution is 6.09. The summed E-state index contributed by atoms with van der Waals surface area (Å²) in [6, 6.07) is 0. The molecule has 0 amide bonds. The first-order chi connectivity index (χ1) is 6.34. The van der Waals surface area contributed by atoms with Gasteiger partial charge in [-0.25, -0.2) is 0 Å². The third kappa shape index (κ3) is 1.62. The standard InChI is InChI=1S/C12H20O2/c1-5-9(13)12(4)8-6-7-11(2,3)10(12)14/h5-8H2,1-4H3. The monoisotopic (exact) mass is 196 g/mol. The molecule has 0 spiro atoms. The molecule has 0 aromatic rings. The summed E-state index contributed by atoms with van der Waals surface area (Å²) < 4.78 is 0. The number of carbonyl (C=O) groups excluding carboxylic acids is 2. The predicted molar refractivity (Wildman–Crippen MR) is 56.0 cm³/mol. The average Bonchev–Trinajstić information content (AvgIpc) is 2.12. The molecule has 2 heteroatoms. The predicted octanol–water partition coefficient (Wildman–Crippen LogP) is 2.75. The number of rotatable bonds is 2. The first kappa shape index (κ1) is 11.4. The van der Waals surface area contributed by atoms with Gasteiger partial charge in [-0.05, 0) is 19.8 Å². The molecule has 1 rings (SSSR count). The van der Waals surface area contributed by atoms with Gasteiger partial charge in [0.2, 0.25) is 0 Å². The second kappa shape index (κ2) is 3.48. The van der Waals surface area contributed by atoms with Crippen molar-refractivity contribution in [2.75, 3.05) is 0 Å². The second-order valence-electron chi connectivity index (χ2n) is 5.18. The molecule has 1 unspecified atom stereocenters. The molecule has 0 heterocycles. The molecular formula is C12H20O2. The van der Waals surface area contributed by atoms with Gasteiger partial charge in [0.25, 0.3) is 0 Å². The molecule has 1 fully saturated rings. The third-order valence-corrected chi connectivity index (χ3v) is 3.53. The van der Waals surface area contributed by atoms with Crippen LogP contribution in [-0.2, 0) is 9.59 Å². The Kier molecular flexibility index (Phi) is 2.84. The molecule has 0 radical (unpaired) electrons. The van der Waals surface area contributed by atoms with Crippen LogP contribution >= 0.6 is 0 Å². The highest BCUT2D eigenvalue weighted by Gasteiger charge is 2.48. The van der Waals surface area contributed by atoms with Gasteiger partial charge in [-0.2, -0.15) is 0 Å². The summed E-state index contributed by atoms with van der Waals surface area (Å²) in [6.45, 7) is 7.57. The van der Waals surface area contributed by atoms with Crippen LogP contribution in [0.2, 0.25) is 0 Å². The summed E-state index contributed by atoms with van der Waals surface area (Å²) in [4.78, 5) is 23.9. The highest BCUT2D eigenvalue weighted by atomic mass is 16.2. The Labute approximate surface area is 86.1 Å². The van der Waals surface area contributed by atoms with E-state index in [1.165, 1.54) is 0 Å². The fraction of sp³-hybridized carbons (Fsp3) is 0.833. The van der Waals surface area contributed by atoms with E-state index in [-0.39, 0.29) is 17.0 Å². The average molecular weight is 196 g/mol. The van der Waals surface area contributed by atoms with E-state index in [9.17, 15) is 9.59 Å². The van der Waals surface area contributed by atoms with E-state index in [0.29, 0.717) is 6.42 Å². The first-order valence-electron chi connectivity index (χ1n) is 5.43. The molecule has 0 aromatic heterocycles. The Bertz CT molecular complexity index is 265. The second-order valence-corrected chi connectivity index (χ2v) is 5.18. The zero-order chi connectivity index (χ0) is 11.0. The summed E-state index contributed by atoms with van der Waals surface area (Å²) in [7, 11) is 0. The summed E-state index contributed by atoms with van der Waals surface area (Å²) in [5.41, 5.74) is -1.01. The molecular weight excluding hydrogens is 176 g/mol. The lowest BCUT2D eigenvalue weighted by atomic mass is 9.61. The molecule has 1 saturated carbocycles. The number of ketones is 2.